The van der Waals surface area contributed by atoms with Gasteiger partial charge in [-0.05, 0) is 57.6 Å². The predicted octanol–water partition coefficient (Wildman–Crippen LogP) is 2.19. The van der Waals surface area contributed by atoms with Crippen LogP contribution in [0.25, 0.3) is 0 Å². The van der Waals surface area contributed by atoms with Crippen molar-refractivity contribution in [3.63, 3.8) is 0 Å². The van der Waals surface area contributed by atoms with Crippen molar-refractivity contribution in [3.8, 4) is 0 Å². The molecule has 4 rings (SSSR count). The number of hydrogen-bond acceptors (Lipinski definition) is 6. The lowest BCUT2D eigenvalue weighted by Gasteiger charge is -2.36. The monoisotopic (exact) mass is 382 g/mol. The quantitative estimate of drug-likeness (QED) is 0.825. The van der Waals surface area contributed by atoms with E-state index in [1.807, 2.05) is 13.0 Å². The third-order valence-electron chi connectivity index (χ3n) is 6.01. The van der Waals surface area contributed by atoms with E-state index in [0.29, 0.717) is 12.6 Å². The van der Waals surface area contributed by atoms with E-state index in [4.69, 9.17) is 0 Å². The summed E-state index contributed by atoms with van der Waals surface area (Å²) in [6.45, 7) is 5.42. The van der Waals surface area contributed by atoms with E-state index >= 15 is 0 Å². The summed E-state index contributed by atoms with van der Waals surface area (Å²) in [5.41, 5.74) is 3.25. The standard InChI is InChI=1S/C21H30N6O/c1-16-21(23-10-9-22-16)24-15-18-7-4-5-11-26(18)12-13-27-20(28)14-17-6-2-3-8-19(17)25-27/h9-10,14,18H,2-8,11-13,15H2,1H3,(H,23,24). The average molecular weight is 383 g/mol. The zero-order valence-electron chi connectivity index (χ0n) is 16.7. The van der Waals surface area contributed by atoms with Gasteiger partial charge >= 0.3 is 0 Å². The molecule has 0 aromatic carbocycles. The fraction of sp³-hybridized carbons (Fsp3) is 0.619. The first kappa shape index (κ1) is 19.1. The molecule has 2 aromatic rings. The molecule has 7 heteroatoms. The van der Waals surface area contributed by atoms with Gasteiger partial charge in [0.2, 0.25) is 0 Å². The largest absolute Gasteiger partial charge is 0.367 e. The minimum Gasteiger partial charge on any atom is -0.367 e. The molecule has 1 fully saturated rings. The second kappa shape index (κ2) is 8.82. The number of nitrogens with one attached hydrogen (secondary N) is 1. The van der Waals surface area contributed by atoms with Gasteiger partial charge in [0.25, 0.3) is 5.56 Å². The molecule has 0 saturated carbocycles. The van der Waals surface area contributed by atoms with E-state index in [1.54, 1.807) is 17.1 Å². The number of aromatic nitrogens is 4. The number of aryl methyl sites for hydroxylation is 3. The maximum absolute atomic E-state index is 12.4. The Hall–Kier alpha value is -2.28. The number of fused-ring (bicyclic) bond motifs is 1. The Balaban J connectivity index is 1.38. The van der Waals surface area contributed by atoms with Gasteiger partial charge in [-0.1, -0.05) is 6.42 Å². The third kappa shape index (κ3) is 4.41. The molecular weight excluding hydrogens is 352 g/mol. The van der Waals surface area contributed by atoms with Gasteiger partial charge in [0, 0.05) is 37.6 Å². The van der Waals surface area contributed by atoms with Crippen molar-refractivity contribution in [1.82, 2.24) is 24.6 Å². The van der Waals surface area contributed by atoms with E-state index in [9.17, 15) is 4.79 Å². The van der Waals surface area contributed by atoms with E-state index in [-0.39, 0.29) is 5.56 Å². The second-order valence-corrected chi connectivity index (χ2v) is 7.94. The van der Waals surface area contributed by atoms with Crippen LogP contribution in [0.2, 0.25) is 0 Å². The number of nitrogens with zero attached hydrogens (tertiary/aromatic N) is 5. The van der Waals surface area contributed by atoms with Crippen LogP contribution in [0.15, 0.2) is 23.3 Å². The third-order valence-corrected chi connectivity index (χ3v) is 6.01. The zero-order valence-corrected chi connectivity index (χ0v) is 16.7. The summed E-state index contributed by atoms with van der Waals surface area (Å²) in [5, 5.41) is 8.13. The Morgan fingerprint density at radius 1 is 1.11 bits per heavy atom. The normalized spacial score (nSPS) is 20.0. The number of hydrogen-bond donors (Lipinski definition) is 1. The molecule has 1 aliphatic heterocycles. The number of rotatable bonds is 6. The van der Waals surface area contributed by atoms with Crippen LogP contribution in [0.4, 0.5) is 5.82 Å². The van der Waals surface area contributed by atoms with E-state index in [2.05, 4.69) is 25.3 Å². The molecule has 1 unspecified atom stereocenters. The lowest BCUT2D eigenvalue weighted by atomic mass is 9.97. The molecule has 1 saturated heterocycles. The van der Waals surface area contributed by atoms with Gasteiger partial charge in [0.05, 0.1) is 17.9 Å². The summed E-state index contributed by atoms with van der Waals surface area (Å²) in [4.78, 5) is 23.6. The Morgan fingerprint density at radius 2 is 1.96 bits per heavy atom. The van der Waals surface area contributed by atoms with E-state index in [0.717, 1.165) is 55.2 Å². The Morgan fingerprint density at radius 3 is 2.86 bits per heavy atom. The highest BCUT2D eigenvalue weighted by Crippen LogP contribution is 2.19. The molecule has 1 atom stereocenters. The SMILES string of the molecule is Cc1nccnc1NCC1CCCCN1CCn1nc2c(cc1=O)CCCC2. The first-order valence-electron chi connectivity index (χ1n) is 10.6. The van der Waals surface area contributed by atoms with Gasteiger partial charge in [0.15, 0.2) is 0 Å². The number of anilines is 1. The number of piperidine rings is 1. The first-order valence-corrected chi connectivity index (χ1v) is 10.6. The highest BCUT2D eigenvalue weighted by atomic mass is 16.1. The molecule has 0 radical (unpaired) electrons. The summed E-state index contributed by atoms with van der Waals surface area (Å²) in [6.07, 6.45) is 11.4. The molecule has 7 nitrogen and oxygen atoms in total. The topological polar surface area (TPSA) is 75.9 Å². The van der Waals surface area contributed by atoms with Crippen LogP contribution in [0.1, 0.15) is 49.1 Å². The van der Waals surface area contributed by atoms with Gasteiger partial charge < -0.3 is 5.32 Å². The van der Waals surface area contributed by atoms with Crippen molar-refractivity contribution in [2.75, 3.05) is 25.0 Å². The second-order valence-electron chi connectivity index (χ2n) is 7.94. The summed E-state index contributed by atoms with van der Waals surface area (Å²) >= 11 is 0. The van der Waals surface area contributed by atoms with Crippen LogP contribution in [0, 0.1) is 6.92 Å². The summed E-state index contributed by atoms with van der Waals surface area (Å²) in [7, 11) is 0. The molecule has 0 bridgehead atoms. The molecule has 150 valence electrons. The molecule has 1 aliphatic carbocycles. The van der Waals surface area contributed by atoms with Crippen LogP contribution in [-0.2, 0) is 19.4 Å². The average Bonchev–Trinajstić information content (AvgIpc) is 2.72. The smallest absolute Gasteiger partial charge is 0.267 e. The maximum atomic E-state index is 12.4. The van der Waals surface area contributed by atoms with Crippen LogP contribution < -0.4 is 10.9 Å². The van der Waals surface area contributed by atoms with Crippen molar-refractivity contribution >= 4 is 5.82 Å². The van der Waals surface area contributed by atoms with E-state index < -0.39 is 0 Å². The fourth-order valence-electron chi connectivity index (χ4n) is 4.37. The molecule has 2 aromatic heterocycles. The summed E-state index contributed by atoms with van der Waals surface area (Å²) in [5.74, 6) is 0.862. The predicted molar refractivity (Wildman–Crippen MR) is 110 cm³/mol. The minimum atomic E-state index is 0.0440. The molecule has 0 spiro atoms. The molecule has 0 amide bonds. The lowest BCUT2D eigenvalue weighted by molar-refractivity contribution is 0.147. The maximum Gasteiger partial charge on any atom is 0.267 e. The highest BCUT2D eigenvalue weighted by Gasteiger charge is 2.23. The van der Waals surface area contributed by atoms with Crippen molar-refractivity contribution < 1.29 is 0 Å². The molecule has 3 heterocycles. The highest BCUT2D eigenvalue weighted by molar-refractivity contribution is 5.38. The first-order chi connectivity index (χ1) is 13.7. The van der Waals surface area contributed by atoms with Crippen molar-refractivity contribution in [1.29, 1.82) is 0 Å². The number of likely N-dealkylation sites (tertiary alicyclic amines) is 1. The Kier molecular flexibility index (Phi) is 6.00. The molecular formula is C21H30N6O. The van der Waals surface area contributed by atoms with Gasteiger partial charge in [-0.25, -0.2) is 9.67 Å². The van der Waals surface area contributed by atoms with Crippen molar-refractivity contribution in [2.24, 2.45) is 0 Å². The van der Waals surface area contributed by atoms with E-state index in [1.165, 1.54) is 32.1 Å². The van der Waals surface area contributed by atoms with Crippen molar-refractivity contribution in [2.45, 2.75) is 64.5 Å². The van der Waals surface area contributed by atoms with Crippen LogP contribution >= 0.6 is 0 Å². The fourth-order valence-corrected chi connectivity index (χ4v) is 4.37. The molecule has 1 N–H and O–H groups in total. The Bertz CT molecular complexity index is 864. The molecule has 28 heavy (non-hydrogen) atoms. The van der Waals surface area contributed by atoms with Gasteiger partial charge in [-0.3, -0.25) is 14.7 Å². The van der Waals surface area contributed by atoms with Gasteiger partial charge in [0.1, 0.15) is 5.82 Å². The Labute approximate surface area is 166 Å². The summed E-state index contributed by atoms with van der Waals surface area (Å²) in [6, 6.07) is 2.26. The van der Waals surface area contributed by atoms with Crippen LogP contribution in [0.5, 0.6) is 0 Å². The zero-order chi connectivity index (χ0) is 19.3. The lowest BCUT2D eigenvalue weighted by Crippen LogP contribution is -2.46. The molecule has 2 aliphatic rings. The van der Waals surface area contributed by atoms with Crippen LogP contribution in [0.3, 0.4) is 0 Å². The van der Waals surface area contributed by atoms with Gasteiger partial charge in [-0.15, -0.1) is 0 Å². The minimum absolute atomic E-state index is 0.0440. The summed E-state index contributed by atoms with van der Waals surface area (Å²) < 4.78 is 1.68. The van der Waals surface area contributed by atoms with Crippen LogP contribution in [-0.4, -0.2) is 50.3 Å². The van der Waals surface area contributed by atoms with Gasteiger partial charge in [-0.2, -0.15) is 5.10 Å². The van der Waals surface area contributed by atoms with Crippen molar-refractivity contribution in [3.05, 3.63) is 45.8 Å².